The zero-order valence-electron chi connectivity index (χ0n) is 12.5. The predicted molar refractivity (Wildman–Crippen MR) is 80.8 cm³/mol. The van der Waals surface area contributed by atoms with Gasteiger partial charge in [-0.15, -0.1) is 0 Å². The van der Waals surface area contributed by atoms with Gasteiger partial charge in [0.25, 0.3) is 0 Å². The molecule has 2 aromatic rings. The van der Waals surface area contributed by atoms with Gasteiger partial charge in [-0.2, -0.15) is 5.10 Å². The van der Waals surface area contributed by atoms with Crippen molar-refractivity contribution in [1.29, 1.82) is 0 Å². The Kier molecular flexibility index (Phi) is 5.18. The average Bonchev–Trinajstić information content (AvgIpc) is 2.92. The second kappa shape index (κ2) is 7.10. The topological polar surface area (TPSA) is 39.1 Å². The van der Waals surface area contributed by atoms with E-state index < -0.39 is 0 Å². The van der Waals surface area contributed by atoms with Crippen LogP contribution < -0.4 is 10.1 Å². The number of methoxy groups -OCH3 is 1. The number of aromatic nitrogens is 2. The third kappa shape index (κ3) is 3.39. The van der Waals surface area contributed by atoms with E-state index in [0.29, 0.717) is 0 Å². The number of para-hydroxylation sites is 1. The smallest absolute Gasteiger partial charge is 0.123 e. The average molecular weight is 273 g/mol. The number of hydrogen-bond donors (Lipinski definition) is 1. The fourth-order valence-corrected chi connectivity index (χ4v) is 2.32. The van der Waals surface area contributed by atoms with Gasteiger partial charge in [-0.25, -0.2) is 0 Å². The highest BCUT2D eigenvalue weighted by Crippen LogP contribution is 2.24. The maximum atomic E-state index is 5.41. The summed E-state index contributed by atoms with van der Waals surface area (Å²) in [5, 5.41) is 7.88. The van der Waals surface area contributed by atoms with Crippen molar-refractivity contribution < 1.29 is 4.74 Å². The molecule has 4 heteroatoms. The van der Waals surface area contributed by atoms with Crippen molar-refractivity contribution in [3.8, 4) is 5.75 Å². The van der Waals surface area contributed by atoms with Crippen LogP contribution in [-0.4, -0.2) is 16.9 Å². The monoisotopic (exact) mass is 273 g/mol. The molecule has 4 nitrogen and oxygen atoms in total. The molecule has 0 radical (unpaired) electrons. The highest BCUT2D eigenvalue weighted by atomic mass is 16.5. The molecule has 20 heavy (non-hydrogen) atoms. The molecule has 0 bridgehead atoms. The zero-order valence-corrected chi connectivity index (χ0v) is 12.5. The van der Waals surface area contributed by atoms with E-state index in [1.165, 1.54) is 11.3 Å². The maximum absolute atomic E-state index is 5.41. The molecule has 0 amide bonds. The fraction of sp³-hybridized carbons (Fsp3) is 0.438. The first-order chi connectivity index (χ1) is 9.76. The molecule has 0 saturated heterocycles. The van der Waals surface area contributed by atoms with E-state index >= 15 is 0 Å². The summed E-state index contributed by atoms with van der Waals surface area (Å²) in [6.07, 6.45) is 2.96. The van der Waals surface area contributed by atoms with Crippen molar-refractivity contribution in [3.05, 3.63) is 47.8 Å². The van der Waals surface area contributed by atoms with Gasteiger partial charge < -0.3 is 10.1 Å². The van der Waals surface area contributed by atoms with Crippen LogP contribution in [0.1, 0.15) is 37.6 Å². The third-order valence-electron chi connectivity index (χ3n) is 3.43. The molecule has 0 aliphatic heterocycles. The SMILES string of the molecule is CCCn1nccc1CN[C@H](C)c1ccccc1OC. The summed E-state index contributed by atoms with van der Waals surface area (Å²) in [6, 6.07) is 10.4. The molecule has 0 aliphatic carbocycles. The predicted octanol–water partition coefficient (Wildman–Crippen LogP) is 3.15. The van der Waals surface area contributed by atoms with Gasteiger partial charge in [0.15, 0.2) is 0 Å². The molecule has 0 unspecified atom stereocenters. The molecular weight excluding hydrogens is 250 g/mol. The van der Waals surface area contributed by atoms with E-state index in [4.69, 9.17) is 4.74 Å². The molecule has 1 N–H and O–H groups in total. The van der Waals surface area contributed by atoms with Gasteiger partial charge in [0.2, 0.25) is 0 Å². The third-order valence-corrected chi connectivity index (χ3v) is 3.43. The Hall–Kier alpha value is -1.81. The lowest BCUT2D eigenvalue weighted by molar-refractivity contribution is 0.400. The summed E-state index contributed by atoms with van der Waals surface area (Å²) in [4.78, 5) is 0. The Morgan fingerprint density at radius 1 is 1.30 bits per heavy atom. The van der Waals surface area contributed by atoms with Crippen LogP contribution >= 0.6 is 0 Å². The first-order valence-electron chi connectivity index (χ1n) is 7.13. The van der Waals surface area contributed by atoms with Crippen LogP contribution in [0, 0.1) is 0 Å². The van der Waals surface area contributed by atoms with Crippen LogP contribution in [0.25, 0.3) is 0 Å². The first kappa shape index (κ1) is 14.6. The molecule has 0 aliphatic rings. The number of nitrogens with zero attached hydrogens (tertiary/aromatic N) is 2. The lowest BCUT2D eigenvalue weighted by atomic mass is 10.1. The van der Waals surface area contributed by atoms with Gasteiger partial charge in [-0.3, -0.25) is 4.68 Å². The van der Waals surface area contributed by atoms with E-state index in [9.17, 15) is 0 Å². The van der Waals surface area contributed by atoms with Gasteiger partial charge in [0.05, 0.1) is 12.8 Å². The summed E-state index contributed by atoms with van der Waals surface area (Å²) in [7, 11) is 1.71. The van der Waals surface area contributed by atoms with Crippen LogP contribution in [-0.2, 0) is 13.1 Å². The molecule has 0 fully saturated rings. The summed E-state index contributed by atoms with van der Waals surface area (Å²) >= 11 is 0. The van der Waals surface area contributed by atoms with Crippen LogP contribution in [0.15, 0.2) is 36.5 Å². The molecule has 0 spiro atoms. The number of aryl methyl sites for hydroxylation is 1. The Labute approximate surface area is 120 Å². The molecule has 1 heterocycles. The quantitative estimate of drug-likeness (QED) is 0.842. The summed E-state index contributed by atoms with van der Waals surface area (Å²) in [6.45, 7) is 6.08. The van der Waals surface area contributed by atoms with Gasteiger partial charge in [0.1, 0.15) is 5.75 Å². The Morgan fingerprint density at radius 3 is 2.85 bits per heavy atom. The van der Waals surface area contributed by atoms with Gasteiger partial charge >= 0.3 is 0 Å². The maximum Gasteiger partial charge on any atom is 0.123 e. The van der Waals surface area contributed by atoms with Gasteiger partial charge in [0, 0.05) is 30.9 Å². The highest BCUT2D eigenvalue weighted by molar-refractivity contribution is 5.35. The molecule has 0 saturated carbocycles. The summed E-state index contributed by atoms with van der Waals surface area (Å²) < 4.78 is 7.47. The minimum atomic E-state index is 0.233. The van der Waals surface area contributed by atoms with E-state index in [1.807, 2.05) is 24.4 Å². The number of ether oxygens (including phenoxy) is 1. The zero-order chi connectivity index (χ0) is 14.4. The Balaban J connectivity index is 2.01. The molecule has 1 aromatic carbocycles. The van der Waals surface area contributed by atoms with Crippen LogP contribution in [0.5, 0.6) is 5.75 Å². The molecule has 108 valence electrons. The fourth-order valence-electron chi connectivity index (χ4n) is 2.32. The summed E-state index contributed by atoms with van der Waals surface area (Å²) in [5.41, 5.74) is 2.39. The lowest BCUT2D eigenvalue weighted by Gasteiger charge is -2.17. The first-order valence-corrected chi connectivity index (χ1v) is 7.13. The van der Waals surface area contributed by atoms with Crippen molar-refractivity contribution in [2.24, 2.45) is 0 Å². The van der Waals surface area contributed by atoms with E-state index in [2.05, 4.69) is 41.1 Å². The van der Waals surface area contributed by atoms with E-state index in [-0.39, 0.29) is 6.04 Å². The van der Waals surface area contributed by atoms with Crippen molar-refractivity contribution in [2.75, 3.05) is 7.11 Å². The molecular formula is C16H23N3O. The number of benzene rings is 1. The minimum absolute atomic E-state index is 0.233. The lowest BCUT2D eigenvalue weighted by Crippen LogP contribution is -2.21. The van der Waals surface area contributed by atoms with Crippen molar-refractivity contribution in [2.45, 2.75) is 39.4 Å². The molecule has 1 aromatic heterocycles. The molecule has 1 atom stereocenters. The second-order valence-corrected chi connectivity index (χ2v) is 4.89. The molecule has 2 rings (SSSR count). The second-order valence-electron chi connectivity index (χ2n) is 4.89. The van der Waals surface area contributed by atoms with E-state index in [0.717, 1.165) is 25.3 Å². The van der Waals surface area contributed by atoms with Crippen molar-refractivity contribution in [1.82, 2.24) is 15.1 Å². The Morgan fingerprint density at radius 2 is 2.10 bits per heavy atom. The van der Waals surface area contributed by atoms with Crippen LogP contribution in [0.4, 0.5) is 0 Å². The van der Waals surface area contributed by atoms with Gasteiger partial charge in [-0.1, -0.05) is 25.1 Å². The van der Waals surface area contributed by atoms with Crippen LogP contribution in [0.2, 0.25) is 0 Å². The highest BCUT2D eigenvalue weighted by Gasteiger charge is 2.11. The largest absolute Gasteiger partial charge is 0.496 e. The number of hydrogen-bond acceptors (Lipinski definition) is 3. The van der Waals surface area contributed by atoms with E-state index in [1.54, 1.807) is 7.11 Å². The standard InChI is InChI=1S/C16H23N3O/c1-4-11-19-14(9-10-18-19)12-17-13(2)15-7-5-6-8-16(15)20-3/h5-10,13,17H,4,11-12H2,1-3H3/t13-/m1/s1. The Bertz CT molecular complexity index is 536. The number of nitrogens with one attached hydrogen (secondary N) is 1. The normalized spacial score (nSPS) is 12.3. The van der Waals surface area contributed by atoms with Crippen LogP contribution in [0.3, 0.4) is 0 Å². The summed E-state index contributed by atoms with van der Waals surface area (Å²) in [5.74, 6) is 0.926. The van der Waals surface area contributed by atoms with Crippen molar-refractivity contribution in [3.63, 3.8) is 0 Å². The van der Waals surface area contributed by atoms with Gasteiger partial charge in [-0.05, 0) is 25.5 Å². The van der Waals surface area contributed by atoms with Crippen molar-refractivity contribution >= 4 is 0 Å². The number of rotatable bonds is 7. The minimum Gasteiger partial charge on any atom is -0.496 e.